The third-order valence-corrected chi connectivity index (χ3v) is 6.81. The number of rotatable bonds is 7. The molecule has 2 N–H and O–H groups in total. The van der Waals surface area contributed by atoms with Crippen LogP contribution in [0, 0.1) is 0 Å². The average Bonchev–Trinajstić information content (AvgIpc) is 2.86. The molecular formula is C26H18Br2N2O6S. The van der Waals surface area contributed by atoms with Gasteiger partial charge in [0.05, 0.1) is 27.3 Å². The number of nitrogens with one attached hydrogen (secondary N) is 1. The van der Waals surface area contributed by atoms with Gasteiger partial charge in [0.2, 0.25) is 0 Å². The van der Waals surface area contributed by atoms with E-state index in [2.05, 4.69) is 37.2 Å². The van der Waals surface area contributed by atoms with Crippen molar-refractivity contribution in [2.24, 2.45) is 0 Å². The summed E-state index contributed by atoms with van der Waals surface area (Å²) in [4.78, 5) is 38.2. The first-order valence-corrected chi connectivity index (χ1v) is 12.7. The lowest BCUT2D eigenvalue weighted by Gasteiger charge is -2.29. The van der Waals surface area contributed by atoms with E-state index in [1.807, 2.05) is 0 Å². The van der Waals surface area contributed by atoms with Crippen LogP contribution in [-0.4, -0.2) is 35.1 Å². The fourth-order valence-corrected chi connectivity index (χ4v) is 5.22. The van der Waals surface area contributed by atoms with Gasteiger partial charge >= 0.3 is 5.97 Å². The monoisotopic (exact) mass is 644 g/mol. The summed E-state index contributed by atoms with van der Waals surface area (Å²) in [5.74, 6) is -1.03. The number of aromatic carboxylic acids is 1. The Morgan fingerprint density at radius 2 is 1.68 bits per heavy atom. The molecule has 0 bridgehead atoms. The number of methoxy groups -OCH3 is 1. The van der Waals surface area contributed by atoms with Gasteiger partial charge in [0.1, 0.15) is 23.7 Å². The second-order valence-corrected chi connectivity index (χ2v) is 9.86. The van der Waals surface area contributed by atoms with E-state index < -0.39 is 17.8 Å². The van der Waals surface area contributed by atoms with Gasteiger partial charge in [-0.15, -0.1) is 0 Å². The number of hydrogen-bond donors (Lipinski definition) is 2. The molecule has 0 spiro atoms. The van der Waals surface area contributed by atoms with Crippen molar-refractivity contribution in [2.45, 2.75) is 6.61 Å². The molecule has 188 valence electrons. The zero-order valence-corrected chi connectivity index (χ0v) is 23.1. The zero-order chi connectivity index (χ0) is 26.7. The van der Waals surface area contributed by atoms with Crippen molar-refractivity contribution in [2.75, 3.05) is 12.0 Å². The molecule has 1 saturated heterocycles. The third kappa shape index (κ3) is 5.90. The fraction of sp³-hybridized carbons (Fsp3) is 0.0769. The molecule has 2 amide bonds. The van der Waals surface area contributed by atoms with Gasteiger partial charge in [-0.1, -0.05) is 12.1 Å². The Bertz CT molecular complexity index is 1420. The van der Waals surface area contributed by atoms with Crippen molar-refractivity contribution in [1.82, 2.24) is 5.32 Å². The van der Waals surface area contributed by atoms with Gasteiger partial charge in [-0.2, -0.15) is 0 Å². The lowest BCUT2D eigenvalue weighted by Crippen LogP contribution is -2.54. The maximum atomic E-state index is 13.3. The summed E-state index contributed by atoms with van der Waals surface area (Å²) in [5.41, 5.74) is 1.95. The Balaban J connectivity index is 1.56. The number of ether oxygens (including phenoxy) is 2. The van der Waals surface area contributed by atoms with E-state index in [0.717, 1.165) is 5.56 Å². The van der Waals surface area contributed by atoms with Crippen LogP contribution in [0.5, 0.6) is 11.5 Å². The molecule has 1 heterocycles. The molecule has 0 aromatic heterocycles. The standard InChI is InChI=1S/C26H18Br2N2O6S/c1-35-18-8-6-17(7-9-18)30-24(32)19(23(31)29-26(30)37)10-15-11-20(27)22(21(28)12-15)36-13-14-2-4-16(5-3-14)25(33)34/h2-12H,13H2,1H3,(H,33,34)(H,29,31,37). The summed E-state index contributed by atoms with van der Waals surface area (Å²) in [5, 5.41) is 11.6. The number of nitrogens with zero attached hydrogens (tertiary/aromatic N) is 1. The lowest BCUT2D eigenvalue weighted by atomic mass is 10.1. The molecule has 4 rings (SSSR count). The van der Waals surface area contributed by atoms with Gasteiger partial charge in [-0.25, -0.2) is 4.79 Å². The first-order chi connectivity index (χ1) is 17.7. The highest BCUT2D eigenvalue weighted by molar-refractivity contribution is 9.11. The molecule has 3 aromatic carbocycles. The highest BCUT2D eigenvalue weighted by Gasteiger charge is 2.34. The van der Waals surface area contributed by atoms with Crippen LogP contribution in [0.2, 0.25) is 0 Å². The van der Waals surface area contributed by atoms with E-state index in [9.17, 15) is 14.4 Å². The third-order valence-electron chi connectivity index (χ3n) is 5.35. The number of anilines is 1. The van der Waals surface area contributed by atoms with E-state index in [1.165, 1.54) is 30.2 Å². The summed E-state index contributed by atoms with van der Waals surface area (Å²) < 4.78 is 12.2. The maximum Gasteiger partial charge on any atom is 0.335 e. The summed E-state index contributed by atoms with van der Waals surface area (Å²) >= 11 is 12.2. The molecule has 0 atom stereocenters. The number of carboxylic acids is 1. The highest BCUT2D eigenvalue weighted by atomic mass is 79.9. The Hall–Kier alpha value is -3.54. The smallest absolute Gasteiger partial charge is 0.335 e. The molecule has 0 unspecified atom stereocenters. The van der Waals surface area contributed by atoms with E-state index >= 15 is 0 Å². The predicted octanol–water partition coefficient (Wildman–Crippen LogP) is 5.33. The minimum Gasteiger partial charge on any atom is -0.497 e. The van der Waals surface area contributed by atoms with Gasteiger partial charge in [0.25, 0.3) is 11.8 Å². The van der Waals surface area contributed by atoms with Crippen molar-refractivity contribution in [1.29, 1.82) is 0 Å². The van der Waals surface area contributed by atoms with Crippen molar-refractivity contribution in [3.05, 3.63) is 91.9 Å². The molecule has 11 heteroatoms. The molecule has 1 aliphatic heterocycles. The molecule has 0 aliphatic carbocycles. The molecule has 0 saturated carbocycles. The Morgan fingerprint density at radius 1 is 1.05 bits per heavy atom. The summed E-state index contributed by atoms with van der Waals surface area (Å²) in [7, 11) is 1.54. The van der Waals surface area contributed by atoms with Crippen molar-refractivity contribution in [3.8, 4) is 11.5 Å². The van der Waals surface area contributed by atoms with Gasteiger partial charge in [0, 0.05) is 0 Å². The van der Waals surface area contributed by atoms with Crippen LogP contribution >= 0.6 is 44.1 Å². The minimum atomic E-state index is -0.998. The number of carbonyl (C=O) groups is 3. The fourth-order valence-electron chi connectivity index (χ4n) is 3.49. The molecule has 1 aliphatic rings. The van der Waals surface area contributed by atoms with E-state index in [1.54, 1.807) is 48.5 Å². The van der Waals surface area contributed by atoms with Crippen LogP contribution in [0.4, 0.5) is 5.69 Å². The van der Waals surface area contributed by atoms with Crippen molar-refractivity contribution < 1.29 is 29.0 Å². The Labute approximate surface area is 234 Å². The van der Waals surface area contributed by atoms with Crippen LogP contribution in [0.15, 0.2) is 75.2 Å². The van der Waals surface area contributed by atoms with E-state index in [0.29, 0.717) is 31.7 Å². The van der Waals surface area contributed by atoms with Crippen LogP contribution < -0.4 is 19.7 Å². The van der Waals surface area contributed by atoms with Crippen LogP contribution in [0.3, 0.4) is 0 Å². The topological polar surface area (TPSA) is 105 Å². The summed E-state index contributed by atoms with van der Waals surface area (Å²) in [6.07, 6.45) is 1.47. The maximum absolute atomic E-state index is 13.3. The van der Waals surface area contributed by atoms with E-state index in [-0.39, 0.29) is 22.9 Å². The lowest BCUT2D eigenvalue weighted by molar-refractivity contribution is -0.122. The first kappa shape index (κ1) is 26.5. The van der Waals surface area contributed by atoms with Gasteiger partial charge < -0.3 is 14.6 Å². The SMILES string of the molecule is COc1ccc(N2C(=O)C(=Cc3cc(Br)c(OCc4ccc(C(=O)O)cc4)c(Br)c3)C(=O)NC2=S)cc1. The quantitative estimate of drug-likeness (QED) is 0.203. The molecule has 1 fully saturated rings. The average molecular weight is 646 g/mol. The number of amides is 2. The number of hydrogen-bond acceptors (Lipinski definition) is 6. The minimum absolute atomic E-state index is 0.0141. The van der Waals surface area contributed by atoms with Crippen LogP contribution in [0.1, 0.15) is 21.5 Å². The largest absolute Gasteiger partial charge is 0.497 e. The Morgan fingerprint density at radius 3 is 2.24 bits per heavy atom. The highest BCUT2D eigenvalue weighted by Crippen LogP contribution is 2.36. The number of halogens is 2. The Kier molecular flexibility index (Phi) is 8.06. The second-order valence-electron chi connectivity index (χ2n) is 7.76. The summed E-state index contributed by atoms with van der Waals surface area (Å²) in [6.45, 7) is 0.201. The first-order valence-electron chi connectivity index (χ1n) is 10.7. The van der Waals surface area contributed by atoms with Crippen molar-refractivity contribution in [3.63, 3.8) is 0 Å². The number of carbonyl (C=O) groups excluding carboxylic acids is 2. The zero-order valence-electron chi connectivity index (χ0n) is 19.2. The van der Waals surface area contributed by atoms with Gasteiger partial charge in [-0.3, -0.25) is 19.8 Å². The van der Waals surface area contributed by atoms with Crippen molar-refractivity contribution >= 4 is 78.7 Å². The van der Waals surface area contributed by atoms with Gasteiger partial charge in [-0.05, 0) is 110 Å². The number of thiocarbonyl (C=S) groups is 1. The summed E-state index contributed by atoms with van der Waals surface area (Å²) in [6, 6.07) is 16.5. The molecule has 37 heavy (non-hydrogen) atoms. The van der Waals surface area contributed by atoms with E-state index in [4.69, 9.17) is 26.8 Å². The molecule has 3 aromatic rings. The number of benzene rings is 3. The normalized spacial score (nSPS) is 14.5. The number of carboxylic acid groups (broad SMARTS) is 1. The van der Waals surface area contributed by atoms with Gasteiger partial charge in [0.15, 0.2) is 5.11 Å². The molecular weight excluding hydrogens is 628 g/mol. The predicted molar refractivity (Wildman–Crippen MR) is 149 cm³/mol. The van der Waals surface area contributed by atoms with Crippen LogP contribution in [0.25, 0.3) is 6.08 Å². The molecule has 0 radical (unpaired) electrons. The molecule has 8 nitrogen and oxygen atoms in total. The second kappa shape index (κ2) is 11.2. The van der Waals surface area contributed by atoms with Crippen LogP contribution in [-0.2, 0) is 16.2 Å².